The maximum atomic E-state index is 13.2. The Morgan fingerprint density at radius 3 is 2.48 bits per heavy atom. The average Bonchev–Trinajstić information content (AvgIpc) is 3.62. The third-order valence-corrected chi connectivity index (χ3v) is 9.88. The van der Waals surface area contributed by atoms with Crippen molar-refractivity contribution in [2.75, 3.05) is 23.7 Å². The molecule has 3 heterocycles. The smallest absolute Gasteiger partial charge is 0.324 e. The maximum Gasteiger partial charge on any atom is 0.324 e. The van der Waals surface area contributed by atoms with Crippen molar-refractivity contribution in [3.05, 3.63) is 106 Å². The molecule has 1 saturated heterocycles. The number of carbonyl (C=O) groups excluding carboxylic acids is 2. The fourth-order valence-corrected chi connectivity index (χ4v) is 7.07. The van der Waals surface area contributed by atoms with Crippen molar-refractivity contribution in [2.45, 2.75) is 58.8 Å². The number of nitrogens with zero attached hydrogens (tertiary/aromatic N) is 3. The molecule has 2 aromatic heterocycles. The Bertz CT molecular complexity index is 1860. The highest BCUT2D eigenvalue weighted by Gasteiger charge is 2.25. The number of hydrogen-bond donors (Lipinski definition) is 2. The molecule has 0 aliphatic carbocycles. The van der Waals surface area contributed by atoms with Gasteiger partial charge in [-0.2, -0.15) is 5.10 Å². The van der Waals surface area contributed by atoms with Crippen molar-refractivity contribution >= 4 is 56.5 Å². The van der Waals surface area contributed by atoms with E-state index in [9.17, 15) is 9.59 Å². The first kappa shape index (κ1) is 31.8. The minimum absolute atomic E-state index is 0.172. The molecular formula is C37H40ClN5O2S. The van der Waals surface area contributed by atoms with Crippen LogP contribution in [-0.4, -0.2) is 39.7 Å². The van der Waals surface area contributed by atoms with Gasteiger partial charge in [-0.25, -0.2) is 9.48 Å². The van der Waals surface area contributed by atoms with Gasteiger partial charge in [-0.15, -0.1) is 11.3 Å². The number of amides is 3. The highest BCUT2D eigenvalue weighted by Crippen LogP contribution is 2.31. The van der Waals surface area contributed by atoms with E-state index >= 15 is 0 Å². The van der Waals surface area contributed by atoms with Crippen molar-refractivity contribution in [1.82, 2.24) is 14.7 Å². The van der Waals surface area contributed by atoms with Gasteiger partial charge in [0, 0.05) is 40.0 Å². The SMILES string of the molecule is Cc1ccc(-n2nc(C(C)(C)C)cc2NC(=O)Nc2cccc(CC3CCN(C(=O)Cc4csc5ccc(Cl)cc45)CC3)c2)cc1. The third-order valence-electron chi connectivity index (χ3n) is 8.63. The lowest BCUT2D eigenvalue weighted by atomic mass is 9.90. The molecule has 0 radical (unpaired) electrons. The summed E-state index contributed by atoms with van der Waals surface area (Å²) in [6.45, 7) is 9.89. The summed E-state index contributed by atoms with van der Waals surface area (Å²) in [5.41, 5.74) is 5.73. The summed E-state index contributed by atoms with van der Waals surface area (Å²) in [6.07, 6.45) is 3.23. The van der Waals surface area contributed by atoms with Crippen molar-refractivity contribution in [1.29, 1.82) is 0 Å². The van der Waals surface area contributed by atoms with Crippen molar-refractivity contribution in [3.63, 3.8) is 0 Å². The van der Waals surface area contributed by atoms with E-state index in [1.54, 1.807) is 16.0 Å². The Morgan fingerprint density at radius 2 is 1.74 bits per heavy atom. The van der Waals surface area contributed by atoms with Gasteiger partial charge in [0.1, 0.15) is 5.82 Å². The minimum atomic E-state index is -0.321. The van der Waals surface area contributed by atoms with Crippen LogP contribution < -0.4 is 10.6 Å². The maximum absolute atomic E-state index is 13.2. The van der Waals surface area contributed by atoms with Crippen LogP contribution in [0.4, 0.5) is 16.3 Å². The molecule has 3 amide bonds. The second kappa shape index (κ2) is 13.3. The zero-order chi connectivity index (χ0) is 32.4. The number of hydrogen-bond acceptors (Lipinski definition) is 4. The number of benzene rings is 3. The number of likely N-dealkylation sites (tertiary alicyclic amines) is 1. The molecule has 1 aliphatic heterocycles. The van der Waals surface area contributed by atoms with Gasteiger partial charge in [-0.3, -0.25) is 10.1 Å². The average molecular weight is 654 g/mol. The summed E-state index contributed by atoms with van der Waals surface area (Å²) >= 11 is 7.87. The predicted octanol–water partition coefficient (Wildman–Crippen LogP) is 9.01. The van der Waals surface area contributed by atoms with Gasteiger partial charge in [0.15, 0.2) is 0 Å². The van der Waals surface area contributed by atoms with Gasteiger partial charge in [0.2, 0.25) is 5.91 Å². The fraction of sp³-hybridized carbons (Fsp3) is 0.324. The van der Waals surface area contributed by atoms with Crippen LogP contribution in [0.1, 0.15) is 56.0 Å². The molecular weight excluding hydrogens is 614 g/mol. The number of anilines is 2. The summed E-state index contributed by atoms with van der Waals surface area (Å²) in [7, 11) is 0. The number of aryl methyl sites for hydroxylation is 1. The zero-order valence-corrected chi connectivity index (χ0v) is 28.3. The van der Waals surface area contributed by atoms with Gasteiger partial charge in [0.05, 0.1) is 17.8 Å². The topological polar surface area (TPSA) is 79.3 Å². The van der Waals surface area contributed by atoms with Gasteiger partial charge >= 0.3 is 6.03 Å². The fourth-order valence-electron chi connectivity index (χ4n) is 5.96. The molecule has 1 fully saturated rings. The van der Waals surface area contributed by atoms with Crippen molar-refractivity contribution < 1.29 is 9.59 Å². The molecule has 7 nitrogen and oxygen atoms in total. The zero-order valence-electron chi connectivity index (χ0n) is 26.8. The number of rotatable bonds is 7. The molecule has 238 valence electrons. The standard InChI is InChI=1S/C37H40ClN5O2S/c1-24-8-11-30(12-9-24)43-34(22-33(41-43)37(2,3)4)40-36(45)39-29-7-5-6-26(19-29)18-25-14-16-42(17-15-25)35(44)20-27-23-46-32-13-10-28(38)21-31(27)32/h5-13,19,21-23,25H,14-18,20H2,1-4H3,(H2,39,40,45). The van der Waals surface area contributed by atoms with Crippen LogP contribution in [0.3, 0.4) is 0 Å². The number of fused-ring (bicyclic) bond motifs is 1. The summed E-state index contributed by atoms with van der Waals surface area (Å²) < 4.78 is 2.94. The van der Waals surface area contributed by atoms with E-state index in [1.807, 2.05) is 78.6 Å². The van der Waals surface area contributed by atoms with E-state index < -0.39 is 0 Å². The van der Waals surface area contributed by atoms with Crippen LogP contribution in [0.15, 0.2) is 78.2 Å². The number of urea groups is 1. The van der Waals surface area contributed by atoms with Crippen LogP contribution in [0.25, 0.3) is 15.8 Å². The number of carbonyl (C=O) groups is 2. The molecule has 0 unspecified atom stereocenters. The first-order valence-corrected chi connectivity index (χ1v) is 17.1. The molecule has 5 aromatic rings. The van der Waals surface area contributed by atoms with E-state index in [0.717, 1.165) is 70.6 Å². The first-order chi connectivity index (χ1) is 22.0. The lowest BCUT2D eigenvalue weighted by Gasteiger charge is -2.32. The van der Waals surface area contributed by atoms with Crippen molar-refractivity contribution in [3.8, 4) is 5.69 Å². The molecule has 3 aromatic carbocycles. The van der Waals surface area contributed by atoms with Crippen LogP contribution >= 0.6 is 22.9 Å². The monoisotopic (exact) mass is 653 g/mol. The van der Waals surface area contributed by atoms with Crippen LogP contribution in [0, 0.1) is 12.8 Å². The molecule has 0 saturated carbocycles. The largest absolute Gasteiger partial charge is 0.342 e. The van der Waals surface area contributed by atoms with Crippen LogP contribution in [0.5, 0.6) is 0 Å². The number of halogens is 1. The molecule has 0 bridgehead atoms. The molecule has 9 heteroatoms. The summed E-state index contributed by atoms with van der Waals surface area (Å²) in [5.74, 6) is 1.27. The molecule has 2 N–H and O–H groups in total. The molecule has 1 aliphatic rings. The van der Waals surface area contributed by atoms with Gasteiger partial charge in [0.25, 0.3) is 0 Å². The highest BCUT2D eigenvalue weighted by atomic mass is 35.5. The van der Waals surface area contributed by atoms with Crippen molar-refractivity contribution in [2.24, 2.45) is 5.92 Å². The Hall–Kier alpha value is -4.14. The highest BCUT2D eigenvalue weighted by molar-refractivity contribution is 7.17. The Balaban J connectivity index is 1.04. The van der Waals surface area contributed by atoms with Gasteiger partial charge in [-0.05, 0) is 96.5 Å². The minimum Gasteiger partial charge on any atom is -0.342 e. The molecule has 0 atom stereocenters. The summed E-state index contributed by atoms with van der Waals surface area (Å²) in [4.78, 5) is 28.3. The Kier molecular flexibility index (Phi) is 9.20. The van der Waals surface area contributed by atoms with Crippen LogP contribution in [0.2, 0.25) is 5.02 Å². The lowest BCUT2D eigenvalue weighted by Crippen LogP contribution is -2.39. The predicted molar refractivity (Wildman–Crippen MR) is 190 cm³/mol. The summed E-state index contributed by atoms with van der Waals surface area (Å²) in [6, 6.07) is 23.6. The second-order valence-electron chi connectivity index (χ2n) is 13.3. The Morgan fingerprint density at radius 1 is 0.978 bits per heavy atom. The van der Waals surface area contributed by atoms with Gasteiger partial charge < -0.3 is 10.2 Å². The lowest BCUT2D eigenvalue weighted by molar-refractivity contribution is -0.131. The van der Waals surface area contributed by atoms with E-state index in [-0.39, 0.29) is 17.4 Å². The molecule has 46 heavy (non-hydrogen) atoms. The normalized spacial score (nSPS) is 14.1. The van der Waals surface area contributed by atoms with E-state index in [1.165, 1.54) is 5.56 Å². The third kappa shape index (κ3) is 7.45. The number of nitrogens with one attached hydrogen (secondary N) is 2. The van der Waals surface area contributed by atoms with E-state index in [2.05, 4.69) is 42.9 Å². The van der Waals surface area contributed by atoms with Gasteiger partial charge in [-0.1, -0.05) is 62.2 Å². The summed E-state index contributed by atoms with van der Waals surface area (Å²) in [5, 5.41) is 14.7. The first-order valence-electron chi connectivity index (χ1n) is 15.8. The molecule has 6 rings (SSSR count). The Labute approximate surface area is 279 Å². The molecule has 0 spiro atoms. The van der Waals surface area contributed by atoms with E-state index in [4.69, 9.17) is 16.7 Å². The quantitative estimate of drug-likeness (QED) is 0.184. The number of thiophene rings is 1. The second-order valence-corrected chi connectivity index (χ2v) is 14.6. The number of aromatic nitrogens is 2. The van der Waals surface area contributed by atoms with E-state index in [0.29, 0.717) is 23.2 Å². The van der Waals surface area contributed by atoms with Crippen LogP contribution in [-0.2, 0) is 23.1 Å². The number of piperidine rings is 1.